The van der Waals surface area contributed by atoms with Gasteiger partial charge < -0.3 is 20.9 Å². The fourth-order valence-corrected chi connectivity index (χ4v) is 4.21. The summed E-state index contributed by atoms with van der Waals surface area (Å²) in [5.41, 5.74) is 13.4. The average Bonchev–Trinajstić information content (AvgIpc) is 2.90. The normalized spacial score (nSPS) is 11.3. The molecule has 0 aliphatic heterocycles. The third-order valence-corrected chi connectivity index (χ3v) is 7.40. The van der Waals surface area contributed by atoms with E-state index in [2.05, 4.69) is 19.7 Å². The van der Waals surface area contributed by atoms with E-state index in [1.165, 1.54) is 39.3 Å². The number of ether oxygens (including phenoxy) is 2. The summed E-state index contributed by atoms with van der Waals surface area (Å²) in [4.78, 5) is 13.0. The van der Waals surface area contributed by atoms with Crippen molar-refractivity contribution >= 4 is 38.2 Å². The van der Waals surface area contributed by atoms with Gasteiger partial charge in [0.05, 0.1) is 18.0 Å². The van der Waals surface area contributed by atoms with E-state index in [1.54, 1.807) is 30.3 Å². The summed E-state index contributed by atoms with van der Waals surface area (Å²) in [6, 6.07) is 11.1. The number of anilines is 3. The molecule has 0 atom stereocenters. The number of hydrogen-bond acceptors (Lipinski definition) is 9. The highest BCUT2D eigenvalue weighted by atomic mass is 32.2. The van der Waals surface area contributed by atoms with Gasteiger partial charge in [-0.05, 0) is 63.6 Å². The Bertz CT molecular complexity index is 1540. The monoisotopic (exact) mass is 556 g/mol. The second-order valence-electron chi connectivity index (χ2n) is 8.62. The van der Waals surface area contributed by atoms with Crippen LogP contribution in [0.25, 0.3) is 33.4 Å². The molecule has 0 amide bonds. The van der Waals surface area contributed by atoms with Crippen LogP contribution in [0.1, 0.15) is 27.7 Å². The highest BCUT2D eigenvalue weighted by molar-refractivity contribution is 7.93. The van der Waals surface area contributed by atoms with Crippen molar-refractivity contribution < 1.29 is 22.3 Å². The topological polar surface area (TPSA) is 155 Å². The summed E-state index contributed by atoms with van der Waals surface area (Å²) < 4.78 is 52.5. The number of hydrogen-bond donors (Lipinski definition) is 3. The zero-order chi connectivity index (χ0) is 28.7. The summed E-state index contributed by atoms with van der Waals surface area (Å²) >= 11 is 0. The fraction of sp³-hybridized carbons (Fsp3) is 0.296. The number of methoxy groups -OCH3 is 1. The molecule has 0 saturated heterocycles. The van der Waals surface area contributed by atoms with E-state index in [1.807, 2.05) is 13.8 Å². The van der Waals surface area contributed by atoms with E-state index in [4.69, 9.17) is 20.9 Å². The van der Waals surface area contributed by atoms with Crippen LogP contribution in [0.15, 0.2) is 48.7 Å². The molecule has 5 N–H and O–H groups in total. The van der Waals surface area contributed by atoms with Crippen LogP contribution in [0, 0.1) is 5.82 Å². The van der Waals surface area contributed by atoms with Crippen molar-refractivity contribution in [2.24, 2.45) is 0 Å². The number of nitrogen functional groups attached to an aromatic ring is 2. The molecule has 0 aliphatic rings. The lowest BCUT2D eigenvalue weighted by molar-refractivity contribution is 0.162. The SMILES string of the molecule is CCOCC.COc1cc(-c2cccc(NS(=O)(=O)C(C)C)c2F)cc2c(N)nc(-c3ccc(N)nc3)nc12. The molecule has 39 heavy (non-hydrogen) atoms. The van der Waals surface area contributed by atoms with Crippen LogP contribution < -0.4 is 20.9 Å². The van der Waals surface area contributed by atoms with Crippen LogP contribution in [-0.2, 0) is 14.8 Å². The number of benzene rings is 2. The lowest BCUT2D eigenvalue weighted by Crippen LogP contribution is -2.23. The van der Waals surface area contributed by atoms with Gasteiger partial charge in [0.25, 0.3) is 0 Å². The van der Waals surface area contributed by atoms with Crippen molar-refractivity contribution in [2.45, 2.75) is 32.9 Å². The van der Waals surface area contributed by atoms with Gasteiger partial charge in [-0.3, -0.25) is 4.72 Å². The van der Waals surface area contributed by atoms with Gasteiger partial charge in [-0.2, -0.15) is 0 Å². The lowest BCUT2D eigenvalue weighted by Gasteiger charge is -2.15. The van der Waals surface area contributed by atoms with Gasteiger partial charge in [0.2, 0.25) is 10.0 Å². The first-order valence-corrected chi connectivity index (χ1v) is 13.8. The molecule has 2 aromatic heterocycles. The number of fused-ring (bicyclic) bond motifs is 1. The first kappa shape index (κ1) is 29.5. The summed E-state index contributed by atoms with van der Waals surface area (Å²) in [6.07, 6.45) is 1.54. The molecule has 0 fully saturated rings. The number of sulfonamides is 1. The minimum atomic E-state index is -3.73. The maximum atomic E-state index is 15.4. The molecule has 10 nitrogen and oxygen atoms in total. The number of aromatic nitrogens is 3. The molecule has 0 saturated carbocycles. The van der Waals surface area contributed by atoms with E-state index in [-0.39, 0.29) is 17.1 Å². The molecule has 0 unspecified atom stereocenters. The number of nitrogens with zero attached hydrogens (tertiary/aromatic N) is 3. The molecule has 2 aromatic carbocycles. The smallest absolute Gasteiger partial charge is 0.235 e. The number of nitrogens with two attached hydrogens (primary N) is 2. The Morgan fingerprint density at radius 1 is 1.03 bits per heavy atom. The third kappa shape index (κ3) is 6.89. The van der Waals surface area contributed by atoms with Crippen LogP contribution in [0.5, 0.6) is 5.75 Å². The summed E-state index contributed by atoms with van der Waals surface area (Å²) in [6.45, 7) is 8.69. The summed E-state index contributed by atoms with van der Waals surface area (Å²) in [7, 11) is -2.27. The van der Waals surface area contributed by atoms with Gasteiger partial charge in [0.1, 0.15) is 22.9 Å². The Morgan fingerprint density at radius 2 is 1.74 bits per heavy atom. The Morgan fingerprint density at radius 3 is 2.31 bits per heavy atom. The predicted molar refractivity (Wildman–Crippen MR) is 153 cm³/mol. The van der Waals surface area contributed by atoms with Gasteiger partial charge in [-0.1, -0.05) is 12.1 Å². The van der Waals surface area contributed by atoms with Gasteiger partial charge in [0.15, 0.2) is 11.6 Å². The molecular formula is C27H33FN6O4S. The minimum absolute atomic E-state index is 0.152. The van der Waals surface area contributed by atoms with E-state index in [0.717, 1.165) is 13.2 Å². The Kier molecular flexibility index (Phi) is 9.60. The van der Waals surface area contributed by atoms with Gasteiger partial charge >= 0.3 is 0 Å². The van der Waals surface area contributed by atoms with Crippen molar-refractivity contribution in [3.8, 4) is 28.3 Å². The number of halogens is 1. The number of pyridine rings is 1. The van der Waals surface area contributed by atoms with E-state index < -0.39 is 21.1 Å². The number of nitrogens with one attached hydrogen (secondary N) is 1. The molecule has 208 valence electrons. The van der Waals surface area contributed by atoms with Crippen LogP contribution in [0.3, 0.4) is 0 Å². The highest BCUT2D eigenvalue weighted by Crippen LogP contribution is 2.37. The van der Waals surface area contributed by atoms with Crippen molar-refractivity contribution in [3.05, 3.63) is 54.5 Å². The molecule has 12 heteroatoms. The first-order chi connectivity index (χ1) is 18.5. The average molecular weight is 557 g/mol. The van der Waals surface area contributed by atoms with Gasteiger partial charge in [-0.25, -0.2) is 27.8 Å². The van der Waals surface area contributed by atoms with Gasteiger partial charge in [-0.15, -0.1) is 0 Å². The Hall–Kier alpha value is -4.03. The highest BCUT2D eigenvalue weighted by Gasteiger charge is 2.21. The molecule has 4 aromatic rings. The minimum Gasteiger partial charge on any atom is -0.494 e. The number of rotatable bonds is 8. The van der Waals surface area contributed by atoms with Crippen LogP contribution in [0.2, 0.25) is 0 Å². The van der Waals surface area contributed by atoms with E-state index in [9.17, 15) is 8.42 Å². The van der Waals surface area contributed by atoms with E-state index in [0.29, 0.717) is 39.4 Å². The Balaban J connectivity index is 0.000000771. The second-order valence-corrected chi connectivity index (χ2v) is 10.9. The molecule has 0 radical (unpaired) electrons. The molecule has 0 aliphatic carbocycles. The third-order valence-electron chi connectivity index (χ3n) is 5.65. The maximum absolute atomic E-state index is 15.4. The van der Waals surface area contributed by atoms with Crippen molar-refractivity contribution in [3.63, 3.8) is 0 Å². The van der Waals surface area contributed by atoms with Crippen LogP contribution in [-0.4, -0.2) is 48.9 Å². The molecule has 0 bridgehead atoms. The zero-order valence-corrected chi connectivity index (χ0v) is 23.3. The summed E-state index contributed by atoms with van der Waals surface area (Å²) in [5.74, 6) is 0.476. The first-order valence-electron chi connectivity index (χ1n) is 12.3. The fourth-order valence-electron chi connectivity index (χ4n) is 3.51. The van der Waals surface area contributed by atoms with Crippen molar-refractivity contribution in [1.29, 1.82) is 0 Å². The molecular weight excluding hydrogens is 523 g/mol. The molecule has 4 rings (SSSR count). The zero-order valence-electron chi connectivity index (χ0n) is 22.5. The lowest BCUT2D eigenvalue weighted by atomic mass is 10.0. The molecule has 0 spiro atoms. The van der Waals surface area contributed by atoms with Crippen molar-refractivity contribution in [1.82, 2.24) is 15.0 Å². The standard InChI is InChI=1S/C23H23FN6O3S.C4H10O/c1-12(2)34(31,32)30-17-6-4-5-15(20(17)24)14-9-16-21(18(10-14)33-3)28-23(29-22(16)26)13-7-8-19(25)27-11-13;1-3-5-4-2/h4-12,30H,1-3H3,(H2,25,27)(H2,26,28,29);3-4H2,1-2H3. The Labute approximate surface area is 227 Å². The van der Waals surface area contributed by atoms with Crippen molar-refractivity contribution in [2.75, 3.05) is 36.5 Å². The van der Waals surface area contributed by atoms with E-state index >= 15 is 4.39 Å². The second kappa shape index (κ2) is 12.7. The maximum Gasteiger partial charge on any atom is 0.235 e. The molecule has 2 heterocycles. The van der Waals surface area contributed by atoms with Crippen LogP contribution >= 0.6 is 0 Å². The van der Waals surface area contributed by atoms with Gasteiger partial charge in [0, 0.05) is 35.9 Å². The van der Waals surface area contributed by atoms with Crippen LogP contribution in [0.4, 0.5) is 21.7 Å². The predicted octanol–water partition coefficient (Wildman–Crippen LogP) is 4.86. The largest absolute Gasteiger partial charge is 0.494 e. The quantitative estimate of drug-likeness (QED) is 0.276. The summed E-state index contributed by atoms with van der Waals surface area (Å²) in [5, 5.41) is -0.271.